The summed E-state index contributed by atoms with van der Waals surface area (Å²) in [5.41, 5.74) is 8.21. The van der Waals surface area contributed by atoms with Crippen molar-refractivity contribution in [3.05, 3.63) is 28.3 Å². The fraction of sp³-hybridized carbons (Fsp3) is 0.200. The zero-order valence-electron chi connectivity index (χ0n) is 7.20. The van der Waals surface area contributed by atoms with Gasteiger partial charge < -0.3 is 5.73 Å². The smallest absolute Gasteiger partial charge is 0.0649 e. The van der Waals surface area contributed by atoms with E-state index in [-0.39, 0.29) is 0 Å². The summed E-state index contributed by atoms with van der Waals surface area (Å²) in [5, 5.41) is 1.25. The van der Waals surface area contributed by atoms with Gasteiger partial charge in [0.25, 0.3) is 0 Å². The van der Waals surface area contributed by atoms with E-state index in [1.807, 2.05) is 13.0 Å². The van der Waals surface area contributed by atoms with Crippen LogP contribution in [0.15, 0.2) is 12.1 Å². The average molecular weight is 259 g/mol. The molecule has 0 aliphatic rings. The van der Waals surface area contributed by atoms with Gasteiger partial charge in [0.1, 0.15) is 0 Å². The summed E-state index contributed by atoms with van der Waals surface area (Å²) < 4.78 is 0. The van der Waals surface area contributed by atoms with Gasteiger partial charge in [0.15, 0.2) is 0 Å². The van der Waals surface area contributed by atoms with Crippen LogP contribution in [0.2, 0.25) is 5.02 Å². The van der Waals surface area contributed by atoms with Gasteiger partial charge in [-0.1, -0.05) is 39.4 Å². The molecule has 1 aromatic carbocycles. The molecule has 0 radical (unpaired) electrons. The largest absolute Gasteiger partial charge is 0.398 e. The Morgan fingerprint density at radius 1 is 1.54 bits per heavy atom. The molecule has 0 saturated heterocycles. The Morgan fingerprint density at radius 3 is 2.85 bits per heavy atom. The molecule has 1 rings (SSSR count). The molecule has 1 aromatic rings. The molecule has 0 saturated carbocycles. The number of hydrogen-bond donors (Lipinski definition) is 1. The van der Waals surface area contributed by atoms with Crippen molar-refractivity contribution >= 4 is 33.2 Å². The van der Waals surface area contributed by atoms with Crippen LogP contribution in [-0.4, -0.2) is 5.33 Å². The Labute approximate surface area is 91.4 Å². The molecule has 0 aromatic heterocycles. The topological polar surface area (TPSA) is 26.0 Å². The van der Waals surface area contributed by atoms with Crippen LogP contribution in [0.1, 0.15) is 11.1 Å². The molecule has 0 heterocycles. The molecular weight excluding hydrogens is 249 g/mol. The average Bonchev–Trinajstić information content (AvgIpc) is 2.09. The molecule has 0 fully saturated rings. The lowest BCUT2D eigenvalue weighted by Gasteiger charge is -2.02. The van der Waals surface area contributed by atoms with E-state index in [1.165, 1.54) is 0 Å². The zero-order chi connectivity index (χ0) is 9.84. The minimum absolute atomic E-state index is 0.608. The van der Waals surface area contributed by atoms with Gasteiger partial charge >= 0.3 is 0 Å². The quantitative estimate of drug-likeness (QED) is 0.432. The van der Waals surface area contributed by atoms with Gasteiger partial charge in [-0.3, -0.25) is 0 Å². The maximum absolute atomic E-state index is 5.94. The predicted octanol–water partition coefficient (Wildman–Crippen LogP) is 2.98. The molecule has 13 heavy (non-hydrogen) atoms. The second kappa shape index (κ2) is 4.55. The number of aryl methyl sites for hydroxylation is 1. The number of hydrogen-bond acceptors (Lipinski definition) is 1. The molecule has 0 aliphatic carbocycles. The van der Waals surface area contributed by atoms with Crippen molar-refractivity contribution < 1.29 is 0 Å². The summed E-state index contributed by atoms with van der Waals surface area (Å²) in [4.78, 5) is 0. The zero-order valence-corrected chi connectivity index (χ0v) is 9.54. The lowest BCUT2D eigenvalue weighted by atomic mass is 10.1. The number of halogens is 2. The van der Waals surface area contributed by atoms with Crippen molar-refractivity contribution in [3.63, 3.8) is 0 Å². The number of anilines is 1. The van der Waals surface area contributed by atoms with E-state index in [9.17, 15) is 0 Å². The normalized spacial score (nSPS) is 9.15. The van der Waals surface area contributed by atoms with Gasteiger partial charge in [0.05, 0.1) is 10.4 Å². The summed E-state index contributed by atoms with van der Waals surface area (Å²) in [6.45, 7) is 1.94. The van der Waals surface area contributed by atoms with E-state index in [2.05, 4.69) is 27.8 Å². The maximum atomic E-state index is 5.94. The summed E-state index contributed by atoms with van der Waals surface area (Å²) in [6.07, 6.45) is 0. The van der Waals surface area contributed by atoms with E-state index in [4.69, 9.17) is 17.3 Å². The van der Waals surface area contributed by atoms with Crippen LogP contribution in [0.3, 0.4) is 0 Å². The standard InChI is InChI=1S/C10H9BrClN/c1-7-5-8(3-2-4-11)9(12)6-10(7)13/h5-6H,4,13H2,1H3. The molecule has 0 amide bonds. The minimum Gasteiger partial charge on any atom is -0.398 e. The first-order valence-electron chi connectivity index (χ1n) is 3.75. The van der Waals surface area contributed by atoms with Crippen LogP contribution in [0, 0.1) is 18.8 Å². The fourth-order valence-electron chi connectivity index (χ4n) is 0.921. The molecule has 0 unspecified atom stereocenters. The molecule has 2 N–H and O–H groups in total. The Bertz CT molecular complexity index is 376. The van der Waals surface area contributed by atoms with E-state index >= 15 is 0 Å². The second-order valence-electron chi connectivity index (χ2n) is 2.62. The third-order valence-electron chi connectivity index (χ3n) is 1.65. The monoisotopic (exact) mass is 257 g/mol. The molecule has 1 nitrogen and oxygen atoms in total. The summed E-state index contributed by atoms with van der Waals surface area (Å²) in [5.74, 6) is 5.84. The van der Waals surface area contributed by atoms with Crippen LogP contribution in [0.5, 0.6) is 0 Å². The highest BCUT2D eigenvalue weighted by atomic mass is 79.9. The maximum Gasteiger partial charge on any atom is 0.0649 e. The van der Waals surface area contributed by atoms with E-state index in [1.54, 1.807) is 6.07 Å². The molecule has 0 bridgehead atoms. The predicted molar refractivity (Wildman–Crippen MR) is 61.3 cm³/mol. The number of benzene rings is 1. The number of nitrogens with two attached hydrogens (primary N) is 1. The van der Waals surface area contributed by atoms with Crippen LogP contribution in [-0.2, 0) is 0 Å². The first kappa shape index (κ1) is 10.4. The molecule has 0 spiro atoms. The summed E-state index contributed by atoms with van der Waals surface area (Å²) >= 11 is 9.16. The molecule has 0 atom stereocenters. The van der Waals surface area contributed by atoms with Crippen LogP contribution in [0.4, 0.5) is 5.69 Å². The number of alkyl halides is 1. The summed E-state index contributed by atoms with van der Waals surface area (Å²) in [6, 6.07) is 3.63. The first-order chi connectivity index (χ1) is 6.15. The van der Waals surface area contributed by atoms with Crippen molar-refractivity contribution in [2.24, 2.45) is 0 Å². The first-order valence-corrected chi connectivity index (χ1v) is 5.25. The van der Waals surface area contributed by atoms with Gasteiger partial charge in [-0.15, -0.1) is 0 Å². The van der Waals surface area contributed by atoms with Gasteiger partial charge in [0.2, 0.25) is 0 Å². The molecular formula is C10H9BrClN. The van der Waals surface area contributed by atoms with Crippen molar-refractivity contribution in [2.45, 2.75) is 6.92 Å². The van der Waals surface area contributed by atoms with Crippen molar-refractivity contribution in [1.29, 1.82) is 0 Å². The van der Waals surface area contributed by atoms with E-state index < -0.39 is 0 Å². The number of rotatable bonds is 0. The Hall–Kier alpha value is -0.650. The summed E-state index contributed by atoms with van der Waals surface area (Å²) in [7, 11) is 0. The van der Waals surface area contributed by atoms with E-state index in [0.29, 0.717) is 16.0 Å². The molecule has 68 valence electrons. The number of nitrogen functional groups attached to an aromatic ring is 1. The van der Waals surface area contributed by atoms with Crippen molar-refractivity contribution in [3.8, 4) is 11.8 Å². The van der Waals surface area contributed by atoms with Crippen LogP contribution in [0.25, 0.3) is 0 Å². The van der Waals surface area contributed by atoms with Crippen LogP contribution < -0.4 is 5.73 Å². The van der Waals surface area contributed by atoms with Crippen molar-refractivity contribution in [2.75, 3.05) is 11.1 Å². The highest BCUT2D eigenvalue weighted by molar-refractivity contribution is 9.09. The van der Waals surface area contributed by atoms with Gasteiger partial charge in [-0.25, -0.2) is 0 Å². The van der Waals surface area contributed by atoms with Gasteiger partial charge in [-0.05, 0) is 24.6 Å². The third kappa shape index (κ3) is 2.65. The SMILES string of the molecule is Cc1cc(C#CCBr)c(Cl)cc1N. The lowest BCUT2D eigenvalue weighted by molar-refractivity contribution is 1.45. The Balaban J connectivity index is 3.16. The van der Waals surface area contributed by atoms with E-state index in [0.717, 1.165) is 11.1 Å². The highest BCUT2D eigenvalue weighted by Gasteiger charge is 2.00. The third-order valence-corrected chi connectivity index (χ3v) is 2.24. The minimum atomic E-state index is 0.608. The lowest BCUT2D eigenvalue weighted by Crippen LogP contribution is -1.91. The molecule has 3 heteroatoms. The highest BCUT2D eigenvalue weighted by Crippen LogP contribution is 2.21. The van der Waals surface area contributed by atoms with Crippen molar-refractivity contribution in [1.82, 2.24) is 0 Å². The second-order valence-corrected chi connectivity index (χ2v) is 3.59. The van der Waals surface area contributed by atoms with Gasteiger partial charge in [0, 0.05) is 11.3 Å². The fourth-order valence-corrected chi connectivity index (χ4v) is 1.28. The van der Waals surface area contributed by atoms with Gasteiger partial charge in [-0.2, -0.15) is 0 Å². The Morgan fingerprint density at radius 2 is 2.23 bits per heavy atom. The molecule has 0 aliphatic heterocycles. The Kier molecular flexibility index (Phi) is 3.65. The van der Waals surface area contributed by atoms with Crippen LogP contribution >= 0.6 is 27.5 Å².